The Labute approximate surface area is 158 Å². The SMILES string of the molecule is C[C@]12CC(=O)C(=O)C=C1CC[C@@H]1[C@@H]2[C@@H](O)C[C@]2(C=O)[C@@H](C(=O)CO)CC[C@@H]12. The Kier molecular flexibility index (Phi) is 4.27. The highest BCUT2D eigenvalue weighted by atomic mass is 16.3. The molecular formula is C21H26O6. The van der Waals surface area contributed by atoms with E-state index in [0.717, 1.165) is 18.3 Å². The minimum absolute atomic E-state index is 0.0265. The average Bonchev–Trinajstić information content (AvgIpc) is 3.01. The second-order valence-electron chi connectivity index (χ2n) is 9.14. The second kappa shape index (κ2) is 6.17. The zero-order valence-electron chi connectivity index (χ0n) is 15.5. The van der Waals surface area contributed by atoms with E-state index >= 15 is 0 Å². The van der Waals surface area contributed by atoms with Gasteiger partial charge in [-0.3, -0.25) is 14.4 Å². The maximum atomic E-state index is 12.3. The van der Waals surface area contributed by atoms with E-state index in [1.165, 1.54) is 6.08 Å². The first-order chi connectivity index (χ1) is 12.8. The number of Topliss-reactive ketones (excluding diaryl/α,β-unsaturated/α-hetero) is 2. The molecule has 0 heterocycles. The lowest BCUT2D eigenvalue weighted by Gasteiger charge is -2.58. The number of aliphatic hydroxyl groups is 2. The average molecular weight is 374 g/mol. The molecule has 6 nitrogen and oxygen atoms in total. The summed E-state index contributed by atoms with van der Waals surface area (Å²) in [6, 6.07) is 0. The van der Waals surface area contributed by atoms with Crippen LogP contribution < -0.4 is 0 Å². The lowest BCUT2D eigenvalue weighted by Crippen LogP contribution is -2.59. The predicted octanol–water partition coefficient (Wildman–Crippen LogP) is 1.02. The Morgan fingerprint density at radius 3 is 2.70 bits per heavy atom. The number of fused-ring (bicyclic) bond motifs is 5. The summed E-state index contributed by atoms with van der Waals surface area (Å²) in [5, 5.41) is 20.5. The van der Waals surface area contributed by atoms with E-state index in [2.05, 4.69) is 0 Å². The van der Waals surface area contributed by atoms with Crippen molar-refractivity contribution < 1.29 is 29.4 Å². The number of aldehydes is 1. The summed E-state index contributed by atoms with van der Waals surface area (Å²) in [4.78, 5) is 48.5. The van der Waals surface area contributed by atoms with Crippen LogP contribution in [0.1, 0.15) is 45.4 Å². The van der Waals surface area contributed by atoms with Gasteiger partial charge in [0.05, 0.1) is 6.10 Å². The molecule has 4 rings (SSSR count). The van der Waals surface area contributed by atoms with Gasteiger partial charge in [0.15, 0.2) is 5.78 Å². The van der Waals surface area contributed by atoms with Crippen molar-refractivity contribution in [2.75, 3.05) is 6.61 Å². The van der Waals surface area contributed by atoms with Crippen molar-refractivity contribution >= 4 is 23.6 Å². The highest BCUT2D eigenvalue weighted by Crippen LogP contribution is 2.66. The fourth-order valence-corrected chi connectivity index (χ4v) is 7.09. The first-order valence-corrected chi connectivity index (χ1v) is 9.84. The second-order valence-corrected chi connectivity index (χ2v) is 9.14. The number of rotatable bonds is 3. The van der Waals surface area contributed by atoms with Crippen LogP contribution >= 0.6 is 0 Å². The summed E-state index contributed by atoms with van der Waals surface area (Å²) in [7, 11) is 0. The van der Waals surface area contributed by atoms with Crippen molar-refractivity contribution in [2.24, 2.45) is 34.5 Å². The highest BCUT2D eigenvalue weighted by molar-refractivity contribution is 6.42. The number of carbonyl (C=O) groups excluding carboxylic acids is 4. The highest BCUT2D eigenvalue weighted by Gasteiger charge is 2.65. The van der Waals surface area contributed by atoms with E-state index in [9.17, 15) is 29.4 Å². The molecule has 146 valence electrons. The van der Waals surface area contributed by atoms with Gasteiger partial charge in [-0.2, -0.15) is 0 Å². The fourth-order valence-electron chi connectivity index (χ4n) is 7.09. The van der Waals surface area contributed by atoms with Gasteiger partial charge in [0.1, 0.15) is 12.9 Å². The number of allylic oxidation sites excluding steroid dienone is 1. The Morgan fingerprint density at radius 1 is 1.30 bits per heavy atom. The Hall–Kier alpha value is -1.66. The molecule has 0 bridgehead atoms. The molecular weight excluding hydrogens is 348 g/mol. The van der Waals surface area contributed by atoms with Gasteiger partial charge in [-0.05, 0) is 55.9 Å². The molecule has 0 aromatic heterocycles. The monoisotopic (exact) mass is 374 g/mol. The van der Waals surface area contributed by atoms with E-state index < -0.39 is 41.0 Å². The van der Waals surface area contributed by atoms with Gasteiger partial charge < -0.3 is 15.0 Å². The molecule has 3 saturated carbocycles. The molecule has 0 amide bonds. The maximum Gasteiger partial charge on any atom is 0.221 e. The molecule has 3 fully saturated rings. The van der Waals surface area contributed by atoms with Crippen molar-refractivity contribution in [1.29, 1.82) is 0 Å². The smallest absolute Gasteiger partial charge is 0.221 e. The predicted molar refractivity (Wildman–Crippen MR) is 94.5 cm³/mol. The largest absolute Gasteiger partial charge is 0.393 e. The minimum Gasteiger partial charge on any atom is -0.393 e. The van der Waals surface area contributed by atoms with Gasteiger partial charge in [-0.25, -0.2) is 0 Å². The number of aliphatic hydroxyl groups excluding tert-OH is 2. The minimum atomic E-state index is -0.924. The molecule has 2 N–H and O–H groups in total. The normalized spacial score (nSPS) is 46.2. The van der Waals surface area contributed by atoms with Crippen LogP contribution in [-0.2, 0) is 19.2 Å². The summed E-state index contributed by atoms with van der Waals surface area (Å²) in [6.07, 6.45) is 4.46. The molecule has 0 spiro atoms. The first kappa shape index (κ1) is 18.7. The summed E-state index contributed by atoms with van der Waals surface area (Å²) in [5.41, 5.74) is -0.555. The van der Waals surface area contributed by atoms with Gasteiger partial charge in [0.2, 0.25) is 11.6 Å². The van der Waals surface area contributed by atoms with E-state index in [1.54, 1.807) is 0 Å². The zero-order chi connectivity index (χ0) is 19.6. The van der Waals surface area contributed by atoms with Crippen LogP contribution in [0.25, 0.3) is 0 Å². The fraction of sp³-hybridized carbons (Fsp3) is 0.714. The van der Waals surface area contributed by atoms with Crippen molar-refractivity contribution in [3.8, 4) is 0 Å². The standard InChI is InChI=1S/C21H26O6/c1-20-7-16(25)15(24)6-11(20)2-3-12-13-4-5-14(18(27)9-22)21(13,10-23)8-17(26)19(12)20/h6,10,12-14,17,19,22,26H,2-5,7-9H2,1H3/t12-,13-,14+,17-,19+,20-,21+/m0/s1. The van der Waals surface area contributed by atoms with Crippen LogP contribution in [0.3, 0.4) is 0 Å². The quantitative estimate of drug-likeness (QED) is 0.564. The van der Waals surface area contributed by atoms with Crippen LogP contribution in [0.4, 0.5) is 0 Å². The molecule has 4 aliphatic rings. The molecule has 6 heteroatoms. The number of ketones is 3. The lowest BCUT2D eigenvalue weighted by atomic mass is 9.45. The van der Waals surface area contributed by atoms with Gasteiger partial charge in [-0.1, -0.05) is 12.5 Å². The van der Waals surface area contributed by atoms with Crippen LogP contribution in [0, 0.1) is 34.5 Å². The van der Waals surface area contributed by atoms with Crippen LogP contribution in [0.15, 0.2) is 11.6 Å². The molecule has 0 radical (unpaired) electrons. The van der Waals surface area contributed by atoms with E-state index in [0.29, 0.717) is 19.3 Å². The topological polar surface area (TPSA) is 109 Å². The van der Waals surface area contributed by atoms with Crippen molar-refractivity contribution in [2.45, 2.75) is 51.6 Å². The van der Waals surface area contributed by atoms with E-state index in [1.807, 2.05) is 6.92 Å². The molecule has 0 aliphatic heterocycles. The third-order valence-corrected chi connectivity index (χ3v) is 8.15. The molecule has 27 heavy (non-hydrogen) atoms. The van der Waals surface area contributed by atoms with Crippen molar-refractivity contribution in [3.63, 3.8) is 0 Å². The first-order valence-electron chi connectivity index (χ1n) is 9.84. The van der Waals surface area contributed by atoms with Crippen molar-refractivity contribution in [3.05, 3.63) is 11.6 Å². The number of carbonyl (C=O) groups is 4. The number of hydrogen-bond acceptors (Lipinski definition) is 6. The summed E-state index contributed by atoms with van der Waals surface area (Å²) < 4.78 is 0. The van der Waals surface area contributed by atoms with Crippen LogP contribution in [0.2, 0.25) is 0 Å². The zero-order valence-corrected chi connectivity index (χ0v) is 15.5. The third-order valence-electron chi connectivity index (χ3n) is 8.15. The molecule has 7 atom stereocenters. The molecule has 0 saturated heterocycles. The van der Waals surface area contributed by atoms with Gasteiger partial charge in [0, 0.05) is 23.2 Å². The Morgan fingerprint density at radius 2 is 2.04 bits per heavy atom. The van der Waals surface area contributed by atoms with E-state index in [-0.39, 0.29) is 36.4 Å². The third kappa shape index (κ3) is 2.39. The molecule has 0 aromatic rings. The van der Waals surface area contributed by atoms with Gasteiger partial charge in [0.25, 0.3) is 0 Å². The molecule has 0 unspecified atom stereocenters. The molecule has 0 aromatic carbocycles. The summed E-state index contributed by atoms with van der Waals surface area (Å²) in [6.45, 7) is 1.38. The summed E-state index contributed by atoms with van der Waals surface area (Å²) >= 11 is 0. The maximum absolute atomic E-state index is 12.3. The Balaban J connectivity index is 1.75. The van der Waals surface area contributed by atoms with E-state index in [4.69, 9.17) is 0 Å². The van der Waals surface area contributed by atoms with Crippen LogP contribution in [-0.4, -0.2) is 46.6 Å². The molecule has 4 aliphatic carbocycles. The van der Waals surface area contributed by atoms with Gasteiger partial charge in [-0.15, -0.1) is 0 Å². The van der Waals surface area contributed by atoms with Gasteiger partial charge >= 0.3 is 0 Å². The lowest BCUT2D eigenvalue weighted by molar-refractivity contribution is -0.159. The number of hydrogen-bond donors (Lipinski definition) is 2. The summed E-state index contributed by atoms with van der Waals surface area (Å²) in [5.74, 6) is -1.94. The van der Waals surface area contributed by atoms with Crippen LogP contribution in [0.5, 0.6) is 0 Å². The van der Waals surface area contributed by atoms with Crippen molar-refractivity contribution in [1.82, 2.24) is 0 Å². The Bertz CT molecular complexity index is 754.